The molecule has 0 spiro atoms. The molecule has 0 N–H and O–H groups in total. The molecule has 1 heterocycles. The van der Waals surface area contributed by atoms with Gasteiger partial charge in [-0.3, -0.25) is 4.98 Å². The first kappa shape index (κ1) is 7.48. The summed E-state index contributed by atoms with van der Waals surface area (Å²) in [6.45, 7) is 0. The number of rotatable bonds is 1. The highest BCUT2D eigenvalue weighted by Crippen LogP contribution is 2.03. The zero-order valence-electron chi connectivity index (χ0n) is 6.44. The van der Waals surface area contributed by atoms with Crippen molar-refractivity contribution in [1.82, 2.24) is 9.97 Å². The van der Waals surface area contributed by atoms with Crippen LogP contribution in [0.15, 0.2) is 12.4 Å². The average Bonchev–Trinajstić information content (AvgIpc) is 2.05. The molecule has 0 atom stereocenters. The standard InChI is InChI=1S/C7H8N4/c1-11(2)7-5-9-4-6(3-8)10-7/h4-5H,1-2H3. The Morgan fingerprint density at radius 1 is 1.45 bits per heavy atom. The summed E-state index contributed by atoms with van der Waals surface area (Å²) in [5.74, 6) is 0.698. The fraction of sp³-hybridized carbons (Fsp3) is 0.286. The van der Waals surface area contributed by atoms with Crippen molar-refractivity contribution < 1.29 is 0 Å². The first-order valence-electron chi connectivity index (χ1n) is 3.13. The van der Waals surface area contributed by atoms with Gasteiger partial charge in [-0.15, -0.1) is 0 Å². The van der Waals surface area contributed by atoms with E-state index in [-0.39, 0.29) is 0 Å². The van der Waals surface area contributed by atoms with Crippen LogP contribution in [0.4, 0.5) is 5.82 Å². The molecule has 0 fully saturated rings. The van der Waals surface area contributed by atoms with Crippen LogP contribution in [0.1, 0.15) is 5.69 Å². The number of nitriles is 1. The molecule has 0 aliphatic carbocycles. The van der Waals surface area contributed by atoms with Crippen molar-refractivity contribution in [3.63, 3.8) is 0 Å². The number of aromatic nitrogens is 2. The first-order chi connectivity index (χ1) is 5.24. The minimum atomic E-state index is 0.344. The molecule has 0 bridgehead atoms. The lowest BCUT2D eigenvalue weighted by atomic mass is 10.5. The van der Waals surface area contributed by atoms with Gasteiger partial charge in [-0.2, -0.15) is 5.26 Å². The predicted molar refractivity (Wildman–Crippen MR) is 41.1 cm³/mol. The van der Waals surface area contributed by atoms with Gasteiger partial charge in [0.2, 0.25) is 0 Å². The van der Waals surface area contributed by atoms with Gasteiger partial charge in [0.25, 0.3) is 0 Å². The second kappa shape index (κ2) is 2.97. The Morgan fingerprint density at radius 2 is 2.18 bits per heavy atom. The van der Waals surface area contributed by atoms with Gasteiger partial charge in [-0.25, -0.2) is 4.98 Å². The van der Waals surface area contributed by atoms with E-state index in [0.29, 0.717) is 11.5 Å². The van der Waals surface area contributed by atoms with Crippen molar-refractivity contribution in [2.45, 2.75) is 0 Å². The van der Waals surface area contributed by atoms with Crippen LogP contribution < -0.4 is 4.90 Å². The van der Waals surface area contributed by atoms with Crippen LogP contribution in [0.5, 0.6) is 0 Å². The topological polar surface area (TPSA) is 52.8 Å². The highest BCUT2D eigenvalue weighted by Gasteiger charge is 1.97. The first-order valence-corrected chi connectivity index (χ1v) is 3.13. The van der Waals surface area contributed by atoms with E-state index in [1.54, 1.807) is 11.1 Å². The van der Waals surface area contributed by atoms with Crippen LogP contribution in [0.2, 0.25) is 0 Å². The molecule has 0 aliphatic heterocycles. The molecule has 1 rings (SSSR count). The van der Waals surface area contributed by atoms with E-state index < -0.39 is 0 Å². The number of hydrogen-bond acceptors (Lipinski definition) is 4. The lowest BCUT2D eigenvalue weighted by molar-refractivity contribution is 1.03. The third-order valence-electron chi connectivity index (χ3n) is 1.19. The molecule has 4 heteroatoms. The highest BCUT2D eigenvalue weighted by molar-refractivity contribution is 5.36. The van der Waals surface area contributed by atoms with Crippen molar-refractivity contribution in [1.29, 1.82) is 5.26 Å². The summed E-state index contributed by atoms with van der Waals surface area (Å²) >= 11 is 0. The van der Waals surface area contributed by atoms with Crippen molar-refractivity contribution in [3.05, 3.63) is 18.1 Å². The Bertz CT molecular complexity index is 287. The van der Waals surface area contributed by atoms with Crippen LogP contribution in [0.3, 0.4) is 0 Å². The zero-order valence-corrected chi connectivity index (χ0v) is 6.44. The molecule has 11 heavy (non-hydrogen) atoms. The van der Waals surface area contributed by atoms with Crippen molar-refractivity contribution >= 4 is 5.82 Å². The van der Waals surface area contributed by atoms with E-state index in [0.717, 1.165) is 0 Å². The fourth-order valence-corrected chi connectivity index (χ4v) is 0.625. The lowest BCUT2D eigenvalue weighted by Gasteiger charge is -2.08. The smallest absolute Gasteiger partial charge is 0.161 e. The maximum Gasteiger partial charge on any atom is 0.161 e. The quantitative estimate of drug-likeness (QED) is 0.579. The summed E-state index contributed by atoms with van der Waals surface area (Å²) < 4.78 is 0. The SMILES string of the molecule is CN(C)c1cncc(C#N)n1. The van der Waals surface area contributed by atoms with Crippen molar-refractivity contribution in [2.75, 3.05) is 19.0 Å². The van der Waals surface area contributed by atoms with E-state index in [9.17, 15) is 0 Å². The fourth-order valence-electron chi connectivity index (χ4n) is 0.625. The molecule has 0 saturated heterocycles. The van der Waals surface area contributed by atoms with Gasteiger partial charge in [0.1, 0.15) is 11.9 Å². The summed E-state index contributed by atoms with van der Waals surface area (Å²) in [5, 5.41) is 8.47. The number of nitrogens with zero attached hydrogens (tertiary/aromatic N) is 4. The lowest BCUT2D eigenvalue weighted by Crippen LogP contribution is -2.11. The maximum absolute atomic E-state index is 8.47. The summed E-state index contributed by atoms with van der Waals surface area (Å²) in [6.07, 6.45) is 3.05. The van der Waals surface area contributed by atoms with Crippen molar-refractivity contribution in [3.8, 4) is 6.07 Å². The normalized spacial score (nSPS) is 8.82. The van der Waals surface area contributed by atoms with Crippen LogP contribution in [-0.2, 0) is 0 Å². The van der Waals surface area contributed by atoms with Crippen molar-refractivity contribution in [2.24, 2.45) is 0 Å². The Kier molecular flexibility index (Phi) is 2.02. The van der Waals surface area contributed by atoms with E-state index in [2.05, 4.69) is 9.97 Å². The molecule has 1 aromatic rings. The largest absolute Gasteiger partial charge is 0.361 e. The molecule has 0 aromatic carbocycles. The molecule has 0 saturated carbocycles. The van der Waals surface area contributed by atoms with Gasteiger partial charge >= 0.3 is 0 Å². The Morgan fingerprint density at radius 3 is 2.73 bits per heavy atom. The van der Waals surface area contributed by atoms with Gasteiger partial charge < -0.3 is 4.90 Å². The molecular weight excluding hydrogens is 140 g/mol. The number of anilines is 1. The molecule has 56 valence electrons. The van der Waals surface area contributed by atoms with Gasteiger partial charge in [0.05, 0.1) is 12.4 Å². The Hall–Kier alpha value is -1.63. The van der Waals surface area contributed by atoms with E-state index in [4.69, 9.17) is 5.26 Å². The predicted octanol–water partition coefficient (Wildman–Crippen LogP) is 0.414. The van der Waals surface area contributed by atoms with Gasteiger partial charge in [-0.05, 0) is 0 Å². The summed E-state index contributed by atoms with van der Waals surface area (Å²) in [6, 6.07) is 1.92. The van der Waals surface area contributed by atoms with Gasteiger partial charge in [0.15, 0.2) is 5.69 Å². The Labute approximate surface area is 65.1 Å². The molecule has 0 radical (unpaired) electrons. The van der Waals surface area contributed by atoms with E-state index >= 15 is 0 Å². The zero-order chi connectivity index (χ0) is 8.27. The van der Waals surface area contributed by atoms with Crippen LogP contribution in [0.25, 0.3) is 0 Å². The Balaban J connectivity index is 3.03. The van der Waals surface area contributed by atoms with E-state index in [1.807, 2.05) is 20.2 Å². The number of hydrogen-bond donors (Lipinski definition) is 0. The maximum atomic E-state index is 8.47. The minimum Gasteiger partial charge on any atom is -0.361 e. The van der Waals surface area contributed by atoms with E-state index in [1.165, 1.54) is 6.20 Å². The van der Waals surface area contributed by atoms with Crippen LogP contribution in [-0.4, -0.2) is 24.1 Å². The molecule has 1 aromatic heterocycles. The average molecular weight is 148 g/mol. The van der Waals surface area contributed by atoms with Gasteiger partial charge in [0, 0.05) is 14.1 Å². The molecule has 4 nitrogen and oxygen atoms in total. The molecule has 0 unspecified atom stereocenters. The molecule has 0 amide bonds. The summed E-state index contributed by atoms with van der Waals surface area (Å²) in [4.78, 5) is 9.64. The monoisotopic (exact) mass is 148 g/mol. The van der Waals surface area contributed by atoms with Gasteiger partial charge in [-0.1, -0.05) is 0 Å². The molecular formula is C7H8N4. The molecule has 0 aliphatic rings. The highest BCUT2D eigenvalue weighted by atomic mass is 15.1. The summed E-state index contributed by atoms with van der Waals surface area (Å²) in [7, 11) is 3.70. The third-order valence-corrected chi connectivity index (χ3v) is 1.19. The minimum absolute atomic E-state index is 0.344. The van der Waals surface area contributed by atoms with Crippen LogP contribution in [0, 0.1) is 11.3 Å². The van der Waals surface area contributed by atoms with Crippen LogP contribution >= 0.6 is 0 Å². The third kappa shape index (κ3) is 1.64. The second-order valence-corrected chi connectivity index (χ2v) is 2.27. The summed E-state index contributed by atoms with van der Waals surface area (Å²) in [5.41, 5.74) is 0.344. The second-order valence-electron chi connectivity index (χ2n) is 2.27.